The molecule has 4 saturated carbocycles. The number of nitrogens with one attached hydrogen (secondary N) is 2. The fourth-order valence-corrected chi connectivity index (χ4v) is 7.56. The molecule has 4 bridgehead atoms. The number of carbonyl (C=O) groups is 1. The summed E-state index contributed by atoms with van der Waals surface area (Å²) in [4.78, 5) is 26.4. The van der Waals surface area contributed by atoms with Crippen molar-refractivity contribution >= 4 is 26.9 Å². The van der Waals surface area contributed by atoms with Crippen LogP contribution >= 0.6 is 0 Å². The number of pyridine rings is 1. The van der Waals surface area contributed by atoms with E-state index in [0.29, 0.717) is 23.3 Å². The van der Waals surface area contributed by atoms with Gasteiger partial charge in [-0.3, -0.25) is 4.79 Å². The Bertz CT molecular complexity index is 1120. The van der Waals surface area contributed by atoms with Gasteiger partial charge < -0.3 is 10.1 Å². The molecule has 8 heteroatoms. The van der Waals surface area contributed by atoms with Crippen molar-refractivity contribution in [2.24, 2.45) is 17.8 Å². The summed E-state index contributed by atoms with van der Waals surface area (Å²) >= 11 is 0. The molecule has 1 aromatic carbocycles. The van der Waals surface area contributed by atoms with Crippen molar-refractivity contribution in [3.63, 3.8) is 0 Å². The summed E-state index contributed by atoms with van der Waals surface area (Å²) in [6.07, 6.45) is 7.43. The van der Waals surface area contributed by atoms with Crippen molar-refractivity contribution in [3.05, 3.63) is 40.2 Å². The minimum atomic E-state index is -3.81. The van der Waals surface area contributed by atoms with Gasteiger partial charge in [0.1, 0.15) is 5.56 Å². The van der Waals surface area contributed by atoms with Crippen LogP contribution < -0.4 is 10.2 Å². The molecule has 0 amide bonds. The molecule has 0 radical (unpaired) electrons. The van der Waals surface area contributed by atoms with Gasteiger partial charge >= 0.3 is 5.97 Å². The Morgan fingerprint density at radius 2 is 1.71 bits per heavy atom. The molecule has 0 spiro atoms. The first-order chi connectivity index (χ1) is 13.2. The van der Waals surface area contributed by atoms with E-state index in [2.05, 4.69) is 9.71 Å². The Hall–Kier alpha value is -2.19. The number of rotatable bonds is 4. The van der Waals surface area contributed by atoms with Crippen molar-refractivity contribution in [2.45, 2.75) is 49.0 Å². The van der Waals surface area contributed by atoms with E-state index in [1.54, 1.807) is 0 Å². The van der Waals surface area contributed by atoms with Crippen LogP contribution in [0.25, 0.3) is 10.9 Å². The van der Waals surface area contributed by atoms with Crippen LogP contribution in [0.4, 0.5) is 0 Å². The lowest BCUT2D eigenvalue weighted by molar-refractivity contribution is -0.00810. The number of carboxylic acid groups (broad SMARTS) is 1. The zero-order chi connectivity index (χ0) is 19.7. The first-order valence-corrected chi connectivity index (χ1v) is 11.2. The van der Waals surface area contributed by atoms with E-state index in [1.165, 1.54) is 37.5 Å². The Kier molecular flexibility index (Phi) is 3.77. The third-order valence-electron chi connectivity index (χ3n) is 6.78. The molecule has 1 heterocycles. The molecule has 1 aromatic heterocycles. The highest BCUT2D eigenvalue weighted by Crippen LogP contribution is 2.55. The van der Waals surface area contributed by atoms with Crippen molar-refractivity contribution in [1.29, 1.82) is 0 Å². The van der Waals surface area contributed by atoms with Crippen LogP contribution in [0.5, 0.6) is 0 Å². The summed E-state index contributed by atoms with van der Waals surface area (Å²) in [5.41, 5.74) is -1.06. The van der Waals surface area contributed by atoms with Crippen molar-refractivity contribution in [2.75, 3.05) is 0 Å². The predicted octanol–water partition coefficient (Wildman–Crippen LogP) is 2.47. The summed E-state index contributed by atoms with van der Waals surface area (Å²) in [5.74, 6) is 0.465. The Balaban J connectivity index is 1.53. The minimum Gasteiger partial charge on any atom is -0.477 e. The number of H-pyrrole nitrogens is 1. The first-order valence-electron chi connectivity index (χ1n) is 9.67. The maximum Gasteiger partial charge on any atom is 0.341 e. The molecule has 4 aliphatic carbocycles. The molecule has 3 N–H and O–H groups in total. The van der Waals surface area contributed by atoms with Crippen LogP contribution in [0.1, 0.15) is 48.9 Å². The molecule has 0 atom stereocenters. The zero-order valence-electron chi connectivity index (χ0n) is 15.3. The highest BCUT2D eigenvalue weighted by atomic mass is 32.2. The van der Waals surface area contributed by atoms with Crippen LogP contribution in [0.2, 0.25) is 0 Å². The lowest BCUT2D eigenvalue weighted by Gasteiger charge is -2.56. The van der Waals surface area contributed by atoms with Crippen LogP contribution in [0.15, 0.2) is 34.1 Å². The van der Waals surface area contributed by atoms with Crippen molar-refractivity contribution < 1.29 is 18.3 Å². The van der Waals surface area contributed by atoms with Gasteiger partial charge in [0.25, 0.3) is 0 Å². The number of aromatic nitrogens is 1. The number of carboxylic acids is 1. The average Bonchev–Trinajstić information content (AvgIpc) is 2.59. The molecule has 4 fully saturated rings. The number of aromatic carboxylic acids is 1. The second-order valence-corrected chi connectivity index (χ2v) is 10.5. The maximum absolute atomic E-state index is 13.2. The molecule has 148 valence electrons. The minimum absolute atomic E-state index is 0.00350. The van der Waals surface area contributed by atoms with Gasteiger partial charge in [0.05, 0.1) is 4.90 Å². The highest BCUT2D eigenvalue weighted by molar-refractivity contribution is 7.89. The lowest BCUT2D eigenvalue weighted by Crippen LogP contribution is -2.59. The highest BCUT2D eigenvalue weighted by Gasteiger charge is 2.52. The summed E-state index contributed by atoms with van der Waals surface area (Å²) in [6, 6.07) is 4.25. The molecule has 0 unspecified atom stereocenters. The van der Waals surface area contributed by atoms with Gasteiger partial charge in [0.2, 0.25) is 15.5 Å². The van der Waals surface area contributed by atoms with Gasteiger partial charge in [-0.2, -0.15) is 0 Å². The van der Waals surface area contributed by atoms with Gasteiger partial charge in [-0.15, -0.1) is 0 Å². The van der Waals surface area contributed by atoms with Crippen LogP contribution in [0, 0.1) is 17.8 Å². The van der Waals surface area contributed by atoms with Gasteiger partial charge in [-0.05, 0) is 74.5 Å². The molecular weight excluding hydrogens is 380 g/mol. The smallest absolute Gasteiger partial charge is 0.341 e. The Labute approximate surface area is 162 Å². The van der Waals surface area contributed by atoms with E-state index in [1.807, 2.05) is 0 Å². The van der Waals surface area contributed by atoms with Gasteiger partial charge in [-0.25, -0.2) is 17.9 Å². The maximum atomic E-state index is 13.2. The summed E-state index contributed by atoms with van der Waals surface area (Å²) in [7, 11) is -3.81. The van der Waals surface area contributed by atoms with Crippen LogP contribution in [-0.2, 0) is 10.0 Å². The van der Waals surface area contributed by atoms with Gasteiger partial charge in [0.15, 0.2) is 0 Å². The molecule has 4 aliphatic rings. The van der Waals surface area contributed by atoms with Crippen molar-refractivity contribution in [3.8, 4) is 0 Å². The van der Waals surface area contributed by atoms with Gasteiger partial charge in [-0.1, -0.05) is 0 Å². The summed E-state index contributed by atoms with van der Waals surface area (Å²) < 4.78 is 29.3. The van der Waals surface area contributed by atoms with E-state index in [0.717, 1.165) is 25.5 Å². The third-order valence-corrected chi connectivity index (χ3v) is 8.36. The fourth-order valence-electron chi connectivity index (χ4n) is 6.10. The quantitative estimate of drug-likeness (QED) is 0.726. The third kappa shape index (κ3) is 2.78. The topological polar surface area (TPSA) is 116 Å². The van der Waals surface area contributed by atoms with E-state index in [9.17, 15) is 18.0 Å². The van der Waals surface area contributed by atoms with E-state index in [4.69, 9.17) is 5.11 Å². The molecule has 7 nitrogen and oxygen atoms in total. The van der Waals surface area contributed by atoms with E-state index < -0.39 is 27.0 Å². The van der Waals surface area contributed by atoms with Crippen molar-refractivity contribution in [1.82, 2.24) is 9.71 Å². The SMILES string of the molecule is O=C(O)c1c[nH]c2ccc(S(=O)(=O)NC34CC5CC(CC(C5)C3)C4)cc2c1=O. The molecule has 2 aromatic rings. The monoisotopic (exact) mass is 402 g/mol. The largest absolute Gasteiger partial charge is 0.477 e. The second kappa shape index (κ2) is 5.90. The molecular formula is C20H22N2O5S. The summed E-state index contributed by atoms with van der Waals surface area (Å²) in [5, 5.41) is 9.21. The Morgan fingerprint density at radius 3 is 2.29 bits per heavy atom. The molecule has 0 saturated heterocycles. The Morgan fingerprint density at radius 1 is 1.11 bits per heavy atom. The number of sulfonamides is 1. The molecule has 28 heavy (non-hydrogen) atoms. The number of aromatic amines is 1. The standard InChI is InChI=1S/C20H22N2O5S/c23-18-15-6-14(1-2-17(15)21-10-16(18)19(24)25)28(26,27)22-20-7-11-3-12(8-20)5-13(4-11)9-20/h1-2,6,10-13,22H,3-5,7-9H2,(H,21,23)(H,24,25). The predicted molar refractivity (Wildman–Crippen MR) is 103 cm³/mol. The van der Waals surface area contributed by atoms with E-state index >= 15 is 0 Å². The normalized spacial score (nSPS) is 31.4. The van der Waals surface area contributed by atoms with Crippen LogP contribution in [-0.4, -0.2) is 30.0 Å². The van der Waals surface area contributed by atoms with E-state index in [-0.39, 0.29) is 15.8 Å². The second-order valence-electron chi connectivity index (χ2n) is 8.85. The number of hydrogen-bond acceptors (Lipinski definition) is 4. The molecule has 6 rings (SSSR count). The fraction of sp³-hybridized carbons (Fsp3) is 0.500. The number of hydrogen-bond donors (Lipinski definition) is 3. The first kappa shape index (κ1) is 17.9. The lowest BCUT2D eigenvalue weighted by atomic mass is 9.53. The zero-order valence-corrected chi connectivity index (χ0v) is 16.1. The number of fused-ring (bicyclic) bond motifs is 1. The average molecular weight is 402 g/mol. The number of benzene rings is 1. The molecule has 0 aliphatic heterocycles. The van der Waals surface area contributed by atoms with Crippen LogP contribution in [0.3, 0.4) is 0 Å². The summed E-state index contributed by atoms with van der Waals surface area (Å²) in [6.45, 7) is 0. The van der Waals surface area contributed by atoms with Gasteiger partial charge in [0, 0.05) is 22.6 Å².